The van der Waals surface area contributed by atoms with Crippen LogP contribution in [0.2, 0.25) is 10.0 Å². The number of rotatable bonds is 3. The molecule has 0 aliphatic carbocycles. The van der Waals surface area contributed by atoms with E-state index in [1.807, 2.05) is 0 Å². The van der Waals surface area contributed by atoms with Gasteiger partial charge >= 0.3 is 5.97 Å². The van der Waals surface area contributed by atoms with Crippen LogP contribution in [-0.2, 0) is 0 Å². The third kappa shape index (κ3) is 3.51. The minimum atomic E-state index is -1.13. The second-order valence-electron chi connectivity index (χ2n) is 4.08. The molecule has 21 heavy (non-hydrogen) atoms. The zero-order valence-electron chi connectivity index (χ0n) is 10.4. The van der Waals surface area contributed by atoms with Crippen molar-refractivity contribution in [3.8, 4) is 0 Å². The highest BCUT2D eigenvalue weighted by Crippen LogP contribution is 2.25. The Kier molecular flexibility index (Phi) is 4.45. The summed E-state index contributed by atoms with van der Waals surface area (Å²) in [6.45, 7) is 0. The van der Waals surface area contributed by atoms with Gasteiger partial charge in [0.1, 0.15) is 5.82 Å². The van der Waals surface area contributed by atoms with Crippen LogP contribution in [0.4, 0.5) is 10.1 Å². The van der Waals surface area contributed by atoms with Gasteiger partial charge in [0, 0.05) is 0 Å². The van der Waals surface area contributed by atoms with Gasteiger partial charge in [0.15, 0.2) is 0 Å². The highest BCUT2D eigenvalue weighted by atomic mass is 35.5. The van der Waals surface area contributed by atoms with Crippen molar-refractivity contribution in [1.29, 1.82) is 0 Å². The van der Waals surface area contributed by atoms with Gasteiger partial charge in [-0.05, 0) is 36.4 Å². The number of nitrogens with one attached hydrogen (secondary N) is 1. The largest absolute Gasteiger partial charge is 0.478 e. The average molecular weight is 328 g/mol. The fourth-order valence-corrected chi connectivity index (χ4v) is 2.09. The van der Waals surface area contributed by atoms with E-state index in [-0.39, 0.29) is 26.9 Å². The third-order valence-corrected chi connectivity index (χ3v) is 3.27. The summed E-state index contributed by atoms with van der Waals surface area (Å²) in [7, 11) is 0. The van der Waals surface area contributed by atoms with Gasteiger partial charge in [-0.3, -0.25) is 4.79 Å². The van der Waals surface area contributed by atoms with Crippen LogP contribution >= 0.6 is 23.2 Å². The van der Waals surface area contributed by atoms with E-state index < -0.39 is 17.7 Å². The lowest BCUT2D eigenvalue weighted by Crippen LogP contribution is -2.13. The average Bonchev–Trinajstić information content (AvgIpc) is 2.40. The smallest absolute Gasteiger partial charge is 0.335 e. The summed E-state index contributed by atoms with van der Waals surface area (Å²) in [5.41, 5.74) is 0.307. The molecule has 0 heterocycles. The standard InChI is InChI=1S/C14H8Cl2FNO3/c15-10-6-8(17)2-3-9(10)13(19)18-12-4-1-7(14(20)21)5-11(12)16/h1-6H,(H,18,19)(H,20,21). The van der Waals surface area contributed by atoms with Gasteiger partial charge in [0.25, 0.3) is 5.91 Å². The van der Waals surface area contributed by atoms with Crippen LogP contribution in [0.25, 0.3) is 0 Å². The molecule has 4 nitrogen and oxygen atoms in total. The highest BCUT2D eigenvalue weighted by molar-refractivity contribution is 6.36. The number of benzene rings is 2. The molecule has 2 N–H and O–H groups in total. The van der Waals surface area contributed by atoms with Crippen LogP contribution in [0.5, 0.6) is 0 Å². The molecule has 0 saturated heterocycles. The number of carbonyl (C=O) groups is 2. The molecule has 2 rings (SSSR count). The normalized spacial score (nSPS) is 10.2. The molecule has 7 heteroatoms. The molecule has 0 unspecified atom stereocenters. The summed E-state index contributed by atoms with van der Waals surface area (Å²) in [6.07, 6.45) is 0. The molecule has 0 aliphatic heterocycles. The number of aromatic carboxylic acids is 1. The van der Waals surface area contributed by atoms with Gasteiger partial charge in [-0.25, -0.2) is 9.18 Å². The van der Waals surface area contributed by atoms with Crippen LogP contribution in [-0.4, -0.2) is 17.0 Å². The van der Waals surface area contributed by atoms with Gasteiger partial charge in [-0.2, -0.15) is 0 Å². The van der Waals surface area contributed by atoms with Gasteiger partial charge in [-0.1, -0.05) is 23.2 Å². The van der Waals surface area contributed by atoms with Crippen molar-refractivity contribution in [2.45, 2.75) is 0 Å². The molecule has 0 aliphatic rings. The zero-order valence-corrected chi connectivity index (χ0v) is 11.9. The summed E-state index contributed by atoms with van der Waals surface area (Å²) >= 11 is 11.7. The van der Waals surface area contributed by atoms with Crippen molar-refractivity contribution in [3.05, 3.63) is 63.4 Å². The Morgan fingerprint density at radius 1 is 1.05 bits per heavy atom. The molecule has 0 atom stereocenters. The third-order valence-electron chi connectivity index (χ3n) is 2.64. The lowest BCUT2D eigenvalue weighted by Gasteiger charge is -2.09. The quantitative estimate of drug-likeness (QED) is 0.892. The summed E-state index contributed by atoms with van der Waals surface area (Å²) in [5.74, 6) is -2.26. The number of carbonyl (C=O) groups excluding carboxylic acids is 1. The van der Waals surface area contributed by atoms with Gasteiger partial charge in [0.05, 0.1) is 26.9 Å². The Hall–Kier alpha value is -2.11. The predicted octanol–water partition coefficient (Wildman–Crippen LogP) is 4.08. The highest BCUT2D eigenvalue weighted by Gasteiger charge is 2.14. The molecular weight excluding hydrogens is 320 g/mol. The molecule has 0 fully saturated rings. The molecule has 2 aromatic rings. The molecule has 0 aromatic heterocycles. The molecule has 0 saturated carbocycles. The molecule has 1 amide bonds. The monoisotopic (exact) mass is 327 g/mol. The maximum absolute atomic E-state index is 12.9. The number of halogens is 3. The second-order valence-corrected chi connectivity index (χ2v) is 4.89. The van der Waals surface area contributed by atoms with E-state index in [9.17, 15) is 14.0 Å². The van der Waals surface area contributed by atoms with Crippen LogP contribution in [0.3, 0.4) is 0 Å². The van der Waals surface area contributed by atoms with Gasteiger partial charge in [-0.15, -0.1) is 0 Å². The summed E-state index contributed by atoms with van der Waals surface area (Å²) in [4.78, 5) is 22.8. The molecule has 2 aromatic carbocycles. The van der Waals surface area contributed by atoms with Crippen molar-refractivity contribution >= 4 is 40.8 Å². The molecule has 0 spiro atoms. The van der Waals surface area contributed by atoms with E-state index in [0.29, 0.717) is 0 Å². The number of hydrogen-bond acceptors (Lipinski definition) is 2. The first-order chi connectivity index (χ1) is 9.88. The van der Waals surface area contributed by atoms with E-state index >= 15 is 0 Å². The van der Waals surface area contributed by atoms with E-state index in [2.05, 4.69) is 5.32 Å². The first-order valence-corrected chi connectivity index (χ1v) is 6.43. The van der Waals surface area contributed by atoms with Crippen molar-refractivity contribution in [3.63, 3.8) is 0 Å². The predicted molar refractivity (Wildman–Crippen MR) is 77.8 cm³/mol. The molecular formula is C14H8Cl2FNO3. The van der Waals surface area contributed by atoms with Crippen LogP contribution in [0.15, 0.2) is 36.4 Å². The minimum Gasteiger partial charge on any atom is -0.478 e. The second kappa shape index (κ2) is 6.11. The summed E-state index contributed by atoms with van der Waals surface area (Å²) < 4.78 is 12.9. The fraction of sp³-hybridized carbons (Fsp3) is 0. The fourth-order valence-electron chi connectivity index (χ4n) is 1.61. The molecule has 0 bridgehead atoms. The van der Waals surface area contributed by atoms with Crippen LogP contribution in [0.1, 0.15) is 20.7 Å². The van der Waals surface area contributed by atoms with Gasteiger partial charge in [0.2, 0.25) is 0 Å². The number of anilines is 1. The van der Waals surface area contributed by atoms with Gasteiger partial charge < -0.3 is 10.4 Å². The first-order valence-electron chi connectivity index (χ1n) is 5.67. The zero-order chi connectivity index (χ0) is 15.6. The van der Waals surface area contributed by atoms with E-state index in [1.165, 1.54) is 24.3 Å². The SMILES string of the molecule is O=C(O)c1ccc(NC(=O)c2ccc(F)cc2Cl)c(Cl)c1. The summed E-state index contributed by atoms with van der Waals surface area (Å²) in [5, 5.41) is 11.3. The lowest BCUT2D eigenvalue weighted by atomic mass is 10.1. The number of carboxylic acids is 1. The summed E-state index contributed by atoms with van der Waals surface area (Å²) in [6, 6.07) is 7.25. The maximum Gasteiger partial charge on any atom is 0.335 e. The Bertz CT molecular complexity index is 734. The maximum atomic E-state index is 12.9. The van der Waals surface area contributed by atoms with E-state index in [1.54, 1.807) is 0 Å². The minimum absolute atomic E-state index is 0.00202. The number of amides is 1. The lowest BCUT2D eigenvalue weighted by molar-refractivity contribution is 0.0696. The first kappa shape index (κ1) is 15.3. The van der Waals surface area contributed by atoms with E-state index in [0.717, 1.165) is 12.1 Å². The number of carboxylic acid groups (broad SMARTS) is 1. The molecule has 0 radical (unpaired) electrons. The Morgan fingerprint density at radius 2 is 1.76 bits per heavy atom. The van der Waals surface area contributed by atoms with Crippen molar-refractivity contribution < 1.29 is 19.1 Å². The van der Waals surface area contributed by atoms with Crippen LogP contribution < -0.4 is 5.32 Å². The number of hydrogen-bond donors (Lipinski definition) is 2. The Labute approximate surface area is 129 Å². The topological polar surface area (TPSA) is 66.4 Å². The van der Waals surface area contributed by atoms with Crippen LogP contribution in [0, 0.1) is 5.82 Å². The van der Waals surface area contributed by atoms with E-state index in [4.69, 9.17) is 28.3 Å². The molecule has 108 valence electrons. The van der Waals surface area contributed by atoms with Crippen molar-refractivity contribution in [2.24, 2.45) is 0 Å². The Balaban J connectivity index is 2.25. The van der Waals surface area contributed by atoms with Crippen molar-refractivity contribution in [1.82, 2.24) is 0 Å². The van der Waals surface area contributed by atoms with Crippen molar-refractivity contribution in [2.75, 3.05) is 5.32 Å². The Morgan fingerprint density at radius 3 is 2.33 bits per heavy atom.